The Kier molecular flexibility index (Phi) is 3.56. The van der Waals surface area contributed by atoms with Gasteiger partial charge in [-0.05, 0) is 11.5 Å². The molecule has 0 bridgehead atoms. The fourth-order valence-corrected chi connectivity index (χ4v) is 0.807. The third-order valence-electron chi connectivity index (χ3n) is 1.19. The molecule has 0 spiro atoms. The van der Waals surface area contributed by atoms with Gasteiger partial charge in [-0.2, -0.15) is 0 Å². The zero-order valence-corrected chi connectivity index (χ0v) is 7.73. The third-order valence-corrected chi connectivity index (χ3v) is 1.37. The first kappa shape index (κ1) is 10.1. The zero-order valence-electron chi connectivity index (χ0n) is 6.98. The maximum absolute atomic E-state index is 7.97. The van der Waals surface area contributed by atoms with Crippen LogP contribution in [-0.2, 0) is 0 Å². The van der Waals surface area contributed by atoms with Crippen molar-refractivity contribution >= 4 is 17.4 Å². The van der Waals surface area contributed by atoms with Crippen LogP contribution in [0, 0.1) is 11.8 Å². The highest BCUT2D eigenvalue weighted by Crippen LogP contribution is 2.08. The molecule has 0 fully saturated rings. The molecule has 0 atom stereocenters. The molecule has 0 amide bonds. The maximum atomic E-state index is 7.97. The number of nitrogens with zero attached hydrogens (tertiary/aromatic N) is 5. The van der Waals surface area contributed by atoms with Crippen molar-refractivity contribution in [2.45, 2.75) is 0 Å². The first-order valence-electron chi connectivity index (χ1n) is 3.52. The summed E-state index contributed by atoms with van der Waals surface area (Å²) in [6, 6.07) is 0. The molecule has 70 valence electrons. The highest BCUT2D eigenvalue weighted by molar-refractivity contribution is 6.29. The van der Waals surface area contributed by atoms with Gasteiger partial charge in [-0.1, -0.05) is 22.6 Å². The molecular weight excluding hydrogens is 204 g/mol. The fourth-order valence-electron chi connectivity index (χ4n) is 0.667. The first-order chi connectivity index (χ1) is 6.74. The zero-order chi connectivity index (χ0) is 10.4. The van der Waals surface area contributed by atoms with Crippen molar-refractivity contribution in [3.63, 3.8) is 0 Å². The Morgan fingerprint density at radius 2 is 2.50 bits per heavy atom. The van der Waals surface area contributed by atoms with Gasteiger partial charge in [0.05, 0.1) is 12.7 Å². The molecular formula is C7H5ClN6. The lowest BCUT2D eigenvalue weighted by molar-refractivity contribution is 1.18. The quantitative estimate of drug-likeness (QED) is 0.326. The molecule has 0 radical (unpaired) electrons. The average molecular weight is 209 g/mol. The van der Waals surface area contributed by atoms with Gasteiger partial charge in [0.1, 0.15) is 5.15 Å². The highest BCUT2D eigenvalue weighted by Gasteiger charge is 1.98. The first-order valence-corrected chi connectivity index (χ1v) is 3.89. The number of nitrogen functional groups attached to an aromatic ring is 1. The summed E-state index contributed by atoms with van der Waals surface area (Å²) in [5.74, 6) is 5.33. The summed E-state index contributed by atoms with van der Waals surface area (Å²) in [5, 5.41) is 3.44. The minimum Gasteiger partial charge on any atom is -0.381 e. The molecule has 0 unspecified atom stereocenters. The van der Waals surface area contributed by atoms with E-state index in [9.17, 15) is 0 Å². The number of hydrogen-bond acceptors (Lipinski definition) is 4. The Morgan fingerprint density at radius 1 is 1.71 bits per heavy atom. The van der Waals surface area contributed by atoms with Crippen LogP contribution in [0.1, 0.15) is 5.69 Å². The molecule has 6 nitrogen and oxygen atoms in total. The summed E-state index contributed by atoms with van der Waals surface area (Å²) in [7, 11) is 0. The van der Waals surface area contributed by atoms with E-state index in [-0.39, 0.29) is 17.5 Å². The summed E-state index contributed by atoms with van der Waals surface area (Å²) >= 11 is 5.53. The Bertz CT molecular complexity index is 439. The lowest BCUT2D eigenvalue weighted by Crippen LogP contribution is -1.97. The summed E-state index contributed by atoms with van der Waals surface area (Å²) in [4.78, 5) is 10.1. The third kappa shape index (κ3) is 2.83. The van der Waals surface area contributed by atoms with Crippen LogP contribution in [0.2, 0.25) is 5.15 Å². The molecule has 0 aromatic carbocycles. The minimum absolute atomic E-state index is 0.0697. The van der Waals surface area contributed by atoms with Gasteiger partial charge in [-0.3, -0.25) is 0 Å². The van der Waals surface area contributed by atoms with Gasteiger partial charge in [-0.15, -0.1) is 0 Å². The second-order valence-corrected chi connectivity index (χ2v) is 2.50. The van der Waals surface area contributed by atoms with E-state index in [1.54, 1.807) is 0 Å². The molecule has 0 aliphatic heterocycles. The van der Waals surface area contributed by atoms with Crippen LogP contribution in [0.15, 0.2) is 11.3 Å². The summed E-state index contributed by atoms with van der Waals surface area (Å²) in [6.07, 6.45) is 1.34. The van der Waals surface area contributed by atoms with Gasteiger partial charge in [0.15, 0.2) is 11.5 Å². The molecule has 0 saturated heterocycles. The van der Waals surface area contributed by atoms with Crippen LogP contribution >= 0.6 is 11.6 Å². The Balaban J connectivity index is 2.84. The van der Waals surface area contributed by atoms with E-state index >= 15 is 0 Å². The van der Waals surface area contributed by atoms with Gasteiger partial charge in [-0.25, -0.2) is 9.97 Å². The van der Waals surface area contributed by atoms with Crippen LogP contribution in [0.3, 0.4) is 0 Å². The smallest absolute Gasteiger partial charge is 0.159 e. The fraction of sp³-hybridized carbons (Fsp3) is 0.143. The van der Waals surface area contributed by atoms with Crippen molar-refractivity contribution in [2.75, 3.05) is 12.3 Å². The van der Waals surface area contributed by atoms with E-state index in [1.165, 1.54) is 6.20 Å². The van der Waals surface area contributed by atoms with Crippen LogP contribution in [0.5, 0.6) is 0 Å². The molecule has 0 aliphatic rings. The van der Waals surface area contributed by atoms with Gasteiger partial charge in [0.25, 0.3) is 0 Å². The van der Waals surface area contributed by atoms with Crippen molar-refractivity contribution < 1.29 is 0 Å². The monoisotopic (exact) mass is 208 g/mol. The Hall–Kier alpha value is -1.96. The Labute approximate surface area is 84.7 Å². The second kappa shape index (κ2) is 4.92. The largest absolute Gasteiger partial charge is 0.381 e. The van der Waals surface area contributed by atoms with Crippen LogP contribution in [0.4, 0.5) is 5.82 Å². The van der Waals surface area contributed by atoms with Gasteiger partial charge < -0.3 is 5.73 Å². The van der Waals surface area contributed by atoms with Crippen molar-refractivity contribution in [3.05, 3.63) is 27.5 Å². The predicted octanol–water partition coefficient (Wildman–Crippen LogP) is 1.37. The maximum Gasteiger partial charge on any atom is 0.159 e. The number of anilines is 1. The minimum atomic E-state index is 0.0697. The van der Waals surface area contributed by atoms with Crippen molar-refractivity contribution in [1.82, 2.24) is 9.97 Å². The Morgan fingerprint density at radius 3 is 3.14 bits per heavy atom. The van der Waals surface area contributed by atoms with E-state index in [1.807, 2.05) is 0 Å². The molecule has 2 N–H and O–H groups in total. The number of azide groups is 1. The van der Waals surface area contributed by atoms with E-state index in [4.69, 9.17) is 22.9 Å². The number of halogens is 1. The topological polar surface area (TPSA) is 101 Å². The lowest BCUT2D eigenvalue weighted by Gasteiger charge is -1.94. The van der Waals surface area contributed by atoms with Crippen molar-refractivity contribution in [1.29, 1.82) is 0 Å². The molecule has 1 rings (SSSR count). The second-order valence-electron chi connectivity index (χ2n) is 2.12. The summed E-state index contributed by atoms with van der Waals surface area (Å²) < 4.78 is 0. The molecule has 0 saturated carbocycles. The molecule has 0 aliphatic carbocycles. The SMILES string of the molecule is [N-]=[N+]=NCC#Cc1ncc(Cl)nc1N. The van der Waals surface area contributed by atoms with Crippen LogP contribution < -0.4 is 5.73 Å². The van der Waals surface area contributed by atoms with Gasteiger partial charge in [0, 0.05) is 4.91 Å². The molecule has 1 aromatic heterocycles. The lowest BCUT2D eigenvalue weighted by atomic mass is 10.4. The van der Waals surface area contributed by atoms with Crippen molar-refractivity contribution in [2.24, 2.45) is 5.11 Å². The van der Waals surface area contributed by atoms with Gasteiger partial charge in [0.2, 0.25) is 0 Å². The van der Waals surface area contributed by atoms with E-state index < -0.39 is 0 Å². The summed E-state index contributed by atoms with van der Waals surface area (Å²) in [5.41, 5.74) is 13.8. The van der Waals surface area contributed by atoms with E-state index in [0.29, 0.717) is 5.69 Å². The highest BCUT2D eigenvalue weighted by atomic mass is 35.5. The number of aromatic nitrogens is 2. The van der Waals surface area contributed by atoms with Crippen LogP contribution in [0.25, 0.3) is 10.4 Å². The summed E-state index contributed by atoms with van der Waals surface area (Å²) in [6.45, 7) is 0.0697. The van der Waals surface area contributed by atoms with Crippen molar-refractivity contribution in [3.8, 4) is 11.8 Å². The van der Waals surface area contributed by atoms with Gasteiger partial charge >= 0.3 is 0 Å². The predicted molar refractivity (Wildman–Crippen MR) is 52.3 cm³/mol. The number of nitrogens with two attached hydrogens (primary N) is 1. The molecule has 1 heterocycles. The average Bonchev–Trinajstić information content (AvgIpc) is 2.15. The molecule has 14 heavy (non-hydrogen) atoms. The molecule has 1 aromatic rings. The standard InChI is InChI=1S/C7H5ClN6/c8-6-4-11-5(7(9)13-6)2-1-3-12-14-10/h4H,3H2,(H2,9,13). The van der Waals surface area contributed by atoms with E-state index in [0.717, 1.165) is 0 Å². The van der Waals surface area contributed by atoms with Crippen LogP contribution in [-0.4, -0.2) is 16.5 Å². The van der Waals surface area contributed by atoms with E-state index in [2.05, 4.69) is 31.8 Å². The number of rotatable bonds is 1. The number of hydrogen-bond donors (Lipinski definition) is 1. The molecule has 7 heteroatoms. The normalized spacial score (nSPS) is 8.36.